The minimum atomic E-state index is -3.80. The summed E-state index contributed by atoms with van der Waals surface area (Å²) in [5.74, 6) is 0.255. The van der Waals surface area contributed by atoms with E-state index in [0.717, 1.165) is 22.5 Å². The van der Waals surface area contributed by atoms with Crippen molar-refractivity contribution < 1.29 is 22.0 Å². The quantitative estimate of drug-likeness (QED) is 0.374. The van der Waals surface area contributed by atoms with Crippen molar-refractivity contribution in [3.8, 4) is 11.5 Å². The number of pyridine rings is 1. The zero-order valence-electron chi connectivity index (χ0n) is 21.5. The number of ether oxygens (including phenoxy) is 1. The van der Waals surface area contributed by atoms with Crippen molar-refractivity contribution >= 4 is 21.7 Å². The topological polar surface area (TPSA) is 128 Å². The maximum atomic E-state index is 15.8. The Morgan fingerprint density at radius 2 is 1.97 bits per heavy atom. The van der Waals surface area contributed by atoms with E-state index < -0.39 is 21.9 Å². The van der Waals surface area contributed by atoms with Gasteiger partial charge in [-0.15, -0.1) is 10.2 Å². The first-order valence-corrected chi connectivity index (χ1v) is 13.9. The fraction of sp³-hybridized carbons (Fsp3) is 0.480. The van der Waals surface area contributed by atoms with E-state index in [0.29, 0.717) is 43.8 Å². The molecule has 0 radical (unpaired) electrons. The summed E-state index contributed by atoms with van der Waals surface area (Å²) in [5, 5.41) is 8.10. The van der Waals surface area contributed by atoms with E-state index in [4.69, 9.17) is 14.9 Å². The van der Waals surface area contributed by atoms with Gasteiger partial charge in [-0.3, -0.25) is 4.31 Å². The summed E-state index contributed by atoms with van der Waals surface area (Å²) in [6.45, 7) is 3.77. The molecule has 1 aromatic carbocycles. The van der Waals surface area contributed by atoms with Gasteiger partial charge in [0.05, 0.1) is 24.5 Å². The van der Waals surface area contributed by atoms with Crippen LogP contribution in [-0.2, 0) is 21.2 Å². The average molecular weight is 533 g/mol. The Morgan fingerprint density at radius 1 is 1.27 bits per heavy atom. The second-order valence-corrected chi connectivity index (χ2v) is 11.6. The molecule has 37 heavy (non-hydrogen) atoms. The van der Waals surface area contributed by atoms with Gasteiger partial charge in [-0.25, -0.2) is 17.8 Å². The van der Waals surface area contributed by atoms with E-state index in [1.165, 1.54) is 13.1 Å². The number of hydrogen-bond acceptors (Lipinski definition) is 9. The number of benzene rings is 1. The molecule has 1 saturated carbocycles. The summed E-state index contributed by atoms with van der Waals surface area (Å²) >= 11 is 0. The van der Waals surface area contributed by atoms with Gasteiger partial charge >= 0.3 is 0 Å². The molecule has 0 spiro atoms. The third-order valence-corrected chi connectivity index (χ3v) is 7.80. The van der Waals surface area contributed by atoms with Gasteiger partial charge < -0.3 is 19.8 Å². The van der Waals surface area contributed by atoms with Crippen molar-refractivity contribution in [1.82, 2.24) is 15.2 Å². The van der Waals surface area contributed by atoms with E-state index in [1.54, 1.807) is 7.11 Å². The highest BCUT2D eigenvalue weighted by atomic mass is 32.2. The summed E-state index contributed by atoms with van der Waals surface area (Å²) in [5.41, 5.74) is 7.23. The molecule has 0 bridgehead atoms. The van der Waals surface area contributed by atoms with Crippen molar-refractivity contribution in [3.05, 3.63) is 53.7 Å². The number of nitrogens with two attached hydrogens (primary N) is 1. The number of aromatic nitrogens is 3. The van der Waals surface area contributed by atoms with Crippen molar-refractivity contribution in [2.24, 2.45) is 17.6 Å². The van der Waals surface area contributed by atoms with Crippen LogP contribution < -0.4 is 14.9 Å². The van der Waals surface area contributed by atoms with Crippen molar-refractivity contribution in [2.45, 2.75) is 25.8 Å². The zero-order chi connectivity index (χ0) is 26.7. The van der Waals surface area contributed by atoms with E-state index in [9.17, 15) is 8.42 Å². The summed E-state index contributed by atoms with van der Waals surface area (Å²) in [7, 11) is -0.942. The number of anilines is 2. The molecule has 2 unspecified atom stereocenters. The first-order valence-electron chi connectivity index (χ1n) is 12.1. The fourth-order valence-electron chi connectivity index (χ4n) is 4.07. The van der Waals surface area contributed by atoms with E-state index in [2.05, 4.69) is 22.1 Å². The van der Waals surface area contributed by atoms with Crippen LogP contribution >= 0.6 is 0 Å². The number of hydrogen-bond donors (Lipinski definition) is 1. The largest absolute Gasteiger partial charge is 0.419 e. The maximum absolute atomic E-state index is 15.8. The molecule has 1 aliphatic carbocycles. The standard InChI is InChI=1S/C25H33FN6O4S/c1-16-12-18(16)15-32(10-11-35-3)21-14-19(22(26)23(28-21)31(2)37(4,33)34)24-29-30-25(36-24)20(27)13-17-8-6-5-7-9-17/h5-9,14,16,18,20H,10-13,15,27H2,1-4H3/t16?,18?,20-/m1/s1. The highest BCUT2D eigenvalue weighted by molar-refractivity contribution is 7.92. The van der Waals surface area contributed by atoms with E-state index >= 15 is 4.39 Å². The van der Waals surface area contributed by atoms with Gasteiger partial charge in [0.25, 0.3) is 5.89 Å². The predicted octanol–water partition coefficient (Wildman–Crippen LogP) is 3.02. The van der Waals surface area contributed by atoms with Gasteiger partial charge in [0.2, 0.25) is 15.9 Å². The SMILES string of the molecule is COCCN(CC1CC1C)c1cc(-c2nnc([C@H](N)Cc3ccccc3)o2)c(F)c(N(C)S(C)(=O)=O)n1. The molecule has 12 heteroatoms. The smallest absolute Gasteiger partial charge is 0.251 e. The molecule has 2 heterocycles. The van der Waals surface area contributed by atoms with Crippen LogP contribution in [0.3, 0.4) is 0 Å². The molecule has 2 N–H and O–H groups in total. The van der Waals surface area contributed by atoms with Gasteiger partial charge in [0.15, 0.2) is 11.6 Å². The third kappa shape index (κ3) is 6.43. The molecule has 1 aliphatic rings. The molecule has 3 aromatic rings. The molecule has 0 amide bonds. The Hall–Kier alpha value is -3.09. The number of nitrogens with zero attached hydrogens (tertiary/aromatic N) is 5. The third-order valence-electron chi connectivity index (χ3n) is 6.63. The number of sulfonamides is 1. The van der Waals surface area contributed by atoms with Crippen LogP contribution in [0.15, 0.2) is 40.8 Å². The minimum absolute atomic E-state index is 0.0487. The van der Waals surface area contributed by atoms with Crippen LogP contribution in [0.2, 0.25) is 0 Å². The summed E-state index contributed by atoms with van der Waals surface area (Å²) in [6.07, 6.45) is 2.53. The van der Waals surface area contributed by atoms with Gasteiger partial charge in [-0.1, -0.05) is 37.3 Å². The molecule has 2 aromatic heterocycles. The molecular weight excluding hydrogens is 499 g/mol. The highest BCUT2D eigenvalue weighted by Gasteiger charge is 2.35. The Morgan fingerprint density at radius 3 is 2.59 bits per heavy atom. The Kier molecular flexibility index (Phi) is 8.10. The lowest BCUT2D eigenvalue weighted by Gasteiger charge is -2.26. The normalized spacial score (nSPS) is 18.0. The second-order valence-electron chi connectivity index (χ2n) is 9.55. The van der Waals surface area contributed by atoms with Gasteiger partial charge in [0, 0.05) is 27.2 Å². The lowest BCUT2D eigenvalue weighted by atomic mass is 10.1. The summed E-state index contributed by atoms with van der Waals surface area (Å²) in [4.78, 5) is 6.38. The Labute approximate surface area is 216 Å². The van der Waals surface area contributed by atoms with Crippen LogP contribution in [0.5, 0.6) is 0 Å². The average Bonchev–Trinajstić information content (AvgIpc) is 3.34. The fourth-order valence-corrected chi connectivity index (χ4v) is 4.51. The van der Waals surface area contributed by atoms with Crippen LogP contribution in [0.4, 0.5) is 16.0 Å². The van der Waals surface area contributed by atoms with Crippen LogP contribution in [-0.4, -0.2) is 63.7 Å². The summed E-state index contributed by atoms with van der Waals surface area (Å²) < 4.78 is 52.2. The lowest BCUT2D eigenvalue weighted by Crippen LogP contribution is -2.32. The van der Waals surface area contributed by atoms with E-state index in [1.807, 2.05) is 35.2 Å². The molecule has 10 nitrogen and oxygen atoms in total. The molecule has 1 fully saturated rings. The zero-order valence-corrected chi connectivity index (χ0v) is 22.3. The van der Waals surface area contributed by atoms with Crippen molar-refractivity contribution in [3.63, 3.8) is 0 Å². The monoisotopic (exact) mass is 532 g/mol. The number of rotatable bonds is 12. The predicted molar refractivity (Wildman–Crippen MR) is 139 cm³/mol. The Bertz CT molecular complexity index is 1320. The summed E-state index contributed by atoms with van der Waals surface area (Å²) in [6, 6.07) is 10.5. The molecule has 200 valence electrons. The van der Waals surface area contributed by atoms with Gasteiger partial charge in [-0.05, 0) is 36.3 Å². The second kappa shape index (κ2) is 11.1. The lowest BCUT2D eigenvalue weighted by molar-refractivity contribution is 0.204. The first-order chi connectivity index (χ1) is 17.6. The van der Waals surface area contributed by atoms with Gasteiger partial charge in [-0.2, -0.15) is 0 Å². The molecule has 0 aliphatic heterocycles. The van der Waals surface area contributed by atoms with E-state index in [-0.39, 0.29) is 23.2 Å². The molecular formula is C25H33FN6O4S. The van der Waals surface area contributed by atoms with Crippen LogP contribution in [0.1, 0.15) is 30.8 Å². The maximum Gasteiger partial charge on any atom is 0.251 e. The van der Waals surface area contributed by atoms with Gasteiger partial charge in [0.1, 0.15) is 5.82 Å². The molecule has 0 saturated heterocycles. The van der Waals surface area contributed by atoms with Crippen molar-refractivity contribution in [2.75, 3.05) is 49.3 Å². The number of halogens is 1. The Balaban J connectivity index is 1.73. The number of methoxy groups -OCH3 is 1. The van der Waals surface area contributed by atoms with Crippen LogP contribution in [0.25, 0.3) is 11.5 Å². The van der Waals surface area contributed by atoms with Crippen LogP contribution in [0, 0.1) is 17.7 Å². The highest BCUT2D eigenvalue weighted by Crippen LogP contribution is 2.40. The van der Waals surface area contributed by atoms with Crippen molar-refractivity contribution in [1.29, 1.82) is 0 Å². The molecule has 4 rings (SSSR count). The minimum Gasteiger partial charge on any atom is -0.419 e. The molecule has 3 atom stereocenters. The first kappa shape index (κ1) is 27.0.